The summed E-state index contributed by atoms with van der Waals surface area (Å²) in [5.74, 6) is 2.36. The van der Waals surface area contributed by atoms with E-state index < -0.39 is 5.60 Å². The summed E-state index contributed by atoms with van der Waals surface area (Å²) in [6, 6.07) is 7.99. The Morgan fingerprint density at radius 2 is 1.97 bits per heavy atom. The number of benzene rings is 1. The number of aryl methyl sites for hydroxylation is 1. The third kappa shape index (κ3) is 6.53. The monoisotopic (exact) mass is 429 g/mol. The van der Waals surface area contributed by atoms with Gasteiger partial charge in [0.1, 0.15) is 18.8 Å². The first-order valence-corrected chi connectivity index (χ1v) is 10.7. The van der Waals surface area contributed by atoms with Gasteiger partial charge in [-0.05, 0) is 52.2 Å². The summed E-state index contributed by atoms with van der Waals surface area (Å²) in [4.78, 5) is 14.9. The molecule has 3 rings (SSSR count). The maximum atomic E-state index is 11.2. The van der Waals surface area contributed by atoms with Crippen LogP contribution in [0.3, 0.4) is 0 Å². The third-order valence-electron chi connectivity index (χ3n) is 5.49. The lowest BCUT2D eigenvalue weighted by Crippen LogP contribution is -2.43. The summed E-state index contributed by atoms with van der Waals surface area (Å²) in [5.41, 5.74) is 1.28. The van der Waals surface area contributed by atoms with Crippen LogP contribution in [0, 0.1) is 6.92 Å². The molecule has 0 radical (unpaired) electrons. The van der Waals surface area contributed by atoms with Crippen molar-refractivity contribution in [3.63, 3.8) is 0 Å². The molecule has 0 saturated carbocycles. The first-order valence-electron chi connectivity index (χ1n) is 10.7. The lowest BCUT2D eigenvalue weighted by molar-refractivity contribution is 0.0279. The van der Waals surface area contributed by atoms with Gasteiger partial charge in [-0.15, -0.1) is 0 Å². The number of likely N-dealkylation sites (N-methyl/N-ethyl adjacent to an activating group) is 2. The largest absolute Gasteiger partial charge is 0.493 e. The van der Waals surface area contributed by atoms with Crippen LogP contribution in [0.1, 0.15) is 17.7 Å². The summed E-state index contributed by atoms with van der Waals surface area (Å²) >= 11 is 0. The minimum Gasteiger partial charge on any atom is -0.493 e. The molecule has 1 aliphatic heterocycles. The first-order chi connectivity index (χ1) is 14.8. The number of aliphatic hydroxyl groups is 1. The van der Waals surface area contributed by atoms with Gasteiger partial charge < -0.3 is 24.4 Å². The smallest absolute Gasteiger partial charge is 0.161 e. The lowest BCUT2D eigenvalue weighted by Gasteiger charge is -2.29. The van der Waals surface area contributed by atoms with Gasteiger partial charge in [0.15, 0.2) is 11.5 Å². The average molecular weight is 430 g/mol. The van der Waals surface area contributed by atoms with Crippen molar-refractivity contribution in [3.8, 4) is 11.5 Å². The zero-order valence-electron chi connectivity index (χ0n) is 19.3. The van der Waals surface area contributed by atoms with Crippen LogP contribution in [0.4, 0.5) is 5.82 Å². The van der Waals surface area contributed by atoms with Crippen LogP contribution >= 0.6 is 0 Å². The molecule has 1 atom stereocenters. The molecule has 1 aliphatic rings. The van der Waals surface area contributed by atoms with Gasteiger partial charge in [0.25, 0.3) is 0 Å². The van der Waals surface area contributed by atoms with E-state index >= 15 is 0 Å². The molecule has 8 nitrogen and oxygen atoms in total. The minimum atomic E-state index is -0.771. The van der Waals surface area contributed by atoms with Crippen LogP contribution in [-0.2, 0) is 6.54 Å². The summed E-state index contributed by atoms with van der Waals surface area (Å²) in [5, 5.41) is 11.2. The summed E-state index contributed by atoms with van der Waals surface area (Å²) in [6.07, 6.45) is 2.29. The number of hydrogen-bond donors (Lipinski definition) is 1. The molecule has 170 valence electrons. The summed E-state index contributed by atoms with van der Waals surface area (Å²) in [7, 11) is 7.73. The molecule has 0 amide bonds. The first kappa shape index (κ1) is 23.2. The van der Waals surface area contributed by atoms with Crippen molar-refractivity contribution in [3.05, 3.63) is 41.9 Å². The number of ether oxygens (including phenoxy) is 2. The molecule has 1 N–H and O–H groups in total. The molecule has 0 spiro atoms. The maximum Gasteiger partial charge on any atom is 0.161 e. The Labute approximate surface area is 185 Å². The van der Waals surface area contributed by atoms with Crippen LogP contribution in [0.15, 0.2) is 30.6 Å². The quantitative estimate of drug-likeness (QED) is 0.613. The van der Waals surface area contributed by atoms with E-state index in [2.05, 4.69) is 30.7 Å². The molecule has 0 bridgehead atoms. The van der Waals surface area contributed by atoms with Gasteiger partial charge in [-0.25, -0.2) is 9.97 Å². The molecule has 1 unspecified atom stereocenters. The predicted molar refractivity (Wildman–Crippen MR) is 122 cm³/mol. The minimum absolute atomic E-state index is 0.565. The Kier molecular flexibility index (Phi) is 7.69. The Morgan fingerprint density at radius 3 is 2.68 bits per heavy atom. The van der Waals surface area contributed by atoms with Gasteiger partial charge >= 0.3 is 0 Å². The van der Waals surface area contributed by atoms with Crippen LogP contribution < -0.4 is 14.4 Å². The third-order valence-corrected chi connectivity index (χ3v) is 5.49. The van der Waals surface area contributed by atoms with Gasteiger partial charge in [0.05, 0.1) is 12.7 Å². The van der Waals surface area contributed by atoms with Crippen molar-refractivity contribution in [2.45, 2.75) is 25.5 Å². The molecule has 0 aliphatic carbocycles. The second-order valence-corrected chi connectivity index (χ2v) is 8.72. The average Bonchev–Trinajstić information content (AvgIpc) is 3.10. The van der Waals surface area contributed by atoms with Gasteiger partial charge in [-0.2, -0.15) is 0 Å². The highest BCUT2D eigenvalue weighted by Gasteiger charge is 2.37. The molecule has 1 aromatic carbocycles. The number of methoxy groups -OCH3 is 1. The SMILES string of the molecule is COc1cc(CN(C)CC2(O)CCN(c3cc(C)ncn3)C2)ccc1OCCN(C)C. The van der Waals surface area contributed by atoms with E-state index in [9.17, 15) is 5.11 Å². The van der Waals surface area contributed by atoms with Crippen LogP contribution in [0.5, 0.6) is 11.5 Å². The number of rotatable bonds is 10. The fourth-order valence-electron chi connectivity index (χ4n) is 3.93. The molecule has 2 aromatic rings. The fraction of sp³-hybridized carbons (Fsp3) is 0.565. The zero-order chi connectivity index (χ0) is 22.4. The number of anilines is 1. The summed E-state index contributed by atoms with van der Waals surface area (Å²) < 4.78 is 11.4. The molecule has 1 aromatic heterocycles. The standard InChI is InChI=1S/C23H35N5O3/c1-18-12-22(25-17-24-18)28-9-8-23(29,16-28)15-27(4)14-19-6-7-20(21(13-19)30-5)31-11-10-26(2)3/h6-7,12-13,17,29H,8-11,14-16H2,1-5H3. The van der Waals surface area contributed by atoms with E-state index in [1.807, 2.05) is 46.3 Å². The lowest BCUT2D eigenvalue weighted by atomic mass is 10.0. The number of hydrogen-bond acceptors (Lipinski definition) is 8. The second-order valence-electron chi connectivity index (χ2n) is 8.72. The van der Waals surface area contributed by atoms with Gasteiger partial charge in [0.2, 0.25) is 0 Å². The van der Waals surface area contributed by atoms with E-state index in [4.69, 9.17) is 9.47 Å². The molecule has 2 heterocycles. The van der Waals surface area contributed by atoms with Crippen LogP contribution in [-0.4, -0.2) is 91.5 Å². The maximum absolute atomic E-state index is 11.2. The van der Waals surface area contributed by atoms with E-state index in [1.54, 1.807) is 13.4 Å². The second kappa shape index (κ2) is 10.3. The van der Waals surface area contributed by atoms with Crippen LogP contribution in [0.25, 0.3) is 0 Å². The Balaban J connectivity index is 1.57. The highest BCUT2D eigenvalue weighted by molar-refractivity contribution is 5.43. The van der Waals surface area contributed by atoms with Crippen molar-refractivity contribution in [1.29, 1.82) is 0 Å². The van der Waals surface area contributed by atoms with Crippen molar-refractivity contribution in [2.24, 2.45) is 0 Å². The van der Waals surface area contributed by atoms with E-state index in [1.165, 1.54) is 0 Å². The Hall–Kier alpha value is -2.42. The normalized spacial score (nSPS) is 18.8. The van der Waals surface area contributed by atoms with Crippen molar-refractivity contribution >= 4 is 5.82 Å². The Bertz CT molecular complexity index is 863. The number of aromatic nitrogens is 2. The zero-order valence-corrected chi connectivity index (χ0v) is 19.3. The van der Waals surface area contributed by atoms with E-state index in [0.717, 1.165) is 41.7 Å². The predicted octanol–water partition coefficient (Wildman–Crippen LogP) is 1.81. The molecule has 31 heavy (non-hydrogen) atoms. The topological polar surface area (TPSA) is 74.2 Å². The molecular formula is C23H35N5O3. The van der Waals surface area contributed by atoms with E-state index in [0.29, 0.717) is 32.7 Å². The molecular weight excluding hydrogens is 394 g/mol. The molecule has 1 saturated heterocycles. The number of nitrogens with zero attached hydrogens (tertiary/aromatic N) is 5. The van der Waals surface area contributed by atoms with Crippen molar-refractivity contribution < 1.29 is 14.6 Å². The number of β-amino-alcohol motifs (C(OH)–C–C–N with tert-alkyl or cyclic N) is 1. The molecule has 8 heteroatoms. The van der Waals surface area contributed by atoms with Crippen molar-refractivity contribution in [2.75, 3.05) is 65.9 Å². The highest BCUT2D eigenvalue weighted by atomic mass is 16.5. The summed E-state index contributed by atoms with van der Waals surface area (Å²) in [6.45, 7) is 6.05. The highest BCUT2D eigenvalue weighted by Crippen LogP contribution is 2.30. The fourth-order valence-corrected chi connectivity index (χ4v) is 3.93. The van der Waals surface area contributed by atoms with Gasteiger partial charge in [-0.3, -0.25) is 4.90 Å². The van der Waals surface area contributed by atoms with Gasteiger partial charge in [0, 0.05) is 44.5 Å². The Morgan fingerprint density at radius 1 is 1.16 bits per heavy atom. The van der Waals surface area contributed by atoms with Crippen molar-refractivity contribution in [1.82, 2.24) is 19.8 Å². The van der Waals surface area contributed by atoms with Gasteiger partial charge in [-0.1, -0.05) is 6.07 Å². The van der Waals surface area contributed by atoms with E-state index in [-0.39, 0.29) is 0 Å². The van der Waals surface area contributed by atoms with Crippen LogP contribution in [0.2, 0.25) is 0 Å². The molecule has 1 fully saturated rings.